The number of ether oxygens (including phenoxy) is 1. The van der Waals surface area contributed by atoms with Crippen molar-refractivity contribution in [3.8, 4) is 11.3 Å². The number of hydrogen-bond acceptors (Lipinski definition) is 5. The van der Waals surface area contributed by atoms with Crippen molar-refractivity contribution in [1.29, 1.82) is 0 Å². The van der Waals surface area contributed by atoms with E-state index in [0.717, 1.165) is 35.7 Å². The van der Waals surface area contributed by atoms with Crippen LogP contribution >= 0.6 is 0 Å². The summed E-state index contributed by atoms with van der Waals surface area (Å²) in [5, 5.41) is 0. The van der Waals surface area contributed by atoms with Gasteiger partial charge < -0.3 is 19.9 Å². The maximum Gasteiger partial charge on any atom is 0.248 e. The first kappa shape index (κ1) is 21.7. The van der Waals surface area contributed by atoms with Crippen LogP contribution in [0.2, 0.25) is 0 Å². The van der Waals surface area contributed by atoms with E-state index in [1.54, 1.807) is 18.3 Å². The minimum atomic E-state index is -0.459. The molecular weight excluding hydrogens is 406 g/mol. The lowest BCUT2D eigenvalue weighted by Crippen LogP contribution is -2.42. The number of benzene rings is 1. The van der Waals surface area contributed by atoms with Crippen molar-refractivity contribution >= 4 is 11.8 Å². The molecule has 8 heteroatoms. The number of amides is 2. The molecule has 4 rings (SSSR count). The Morgan fingerprint density at radius 1 is 1.19 bits per heavy atom. The molecule has 1 aliphatic heterocycles. The van der Waals surface area contributed by atoms with Gasteiger partial charge in [-0.1, -0.05) is 18.2 Å². The number of aromatic nitrogens is 3. The smallest absolute Gasteiger partial charge is 0.248 e. The molecule has 1 saturated heterocycles. The minimum Gasteiger partial charge on any atom is -0.368 e. The summed E-state index contributed by atoms with van der Waals surface area (Å²) in [5.41, 5.74) is 8.22. The van der Waals surface area contributed by atoms with Gasteiger partial charge in [0.05, 0.1) is 24.5 Å². The molecule has 166 valence electrons. The van der Waals surface area contributed by atoms with E-state index in [9.17, 15) is 9.59 Å². The molecule has 0 bridgehead atoms. The molecule has 32 heavy (non-hydrogen) atoms. The number of aryl methyl sites for hydroxylation is 2. The highest BCUT2D eigenvalue weighted by Gasteiger charge is 2.26. The zero-order chi connectivity index (χ0) is 22.5. The Morgan fingerprint density at radius 2 is 2.00 bits per heavy atom. The predicted octanol–water partition coefficient (Wildman–Crippen LogP) is 2.73. The molecule has 2 amide bonds. The van der Waals surface area contributed by atoms with Gasteiger partial charge in [0, 0.05) is 43.0 Å². The number of morpholine rings is 1. The van der Waals surface area contributed by atoms with E-state index >= 15 is 0 Å². The third-order valence-electron chi connectivity index (χ3n) is 5.70. The molecule has 3 heterocycles. The molecule has 0 aliphatic carbocycles. The summed E-state index contributed by atoms with van der Waals surface area (Å²) in [5.74, 6) is 0.632. The fourth-order valence-corrected chi connectivity index (χ4v) is 3.85. The van der Waals surface area contributed by atoms with Crippen LogP contribution in [0.1, 0.15) is 40.8 Å². The Balaban J connectivity index is 1.38. The molecule has 2 N–H and O–H groups in total. The SMILES string of the molecule is Cc1nccn1CCCC(=O)N1CCO[C@H](c2cccc(-c3ccc(C(N)=O)cc3)n2)C1. The van der Waals surface area contributed by atoms with Crippen molar-refractivity contribution in [3.63, 3.8) is 0 Å². The number of imidazole rings is 1. The number of nitrogens with zero attached hydrogens (tertiary/aromatic N) is 4. The van der Waals surface area contributed by atoms with Gasteiger partial charge in [-0.05, 0) is 37.6 Å². The summed E-state index contributed by atoms with van der Waals surface area (Å²) in [6.45, 7) is 4.30. The average molecular weight is 434 g/mol. The van der Waals surface area contributed by atoms with Crippen molar-refractivity contribution in [3.05, 3.63) is 71.9 Å². The summed E-state index contributed by atoms with van der Waals surface area (Å²) in [4.78, 5) is 34.9. The first-order chi connectivity index (χ1) is 15.5. The molecule has 0 unspecified atom stereocenters. The first-order valence-electron chi connectivity index (χ1n) is 10.8. The monoisotopic (exact) mass is 433 g/mol. The van der Waals surface area contributed by atoms with Gasteiger partial charge in [-0.15, -0.1) is 0 Å². The fourth-order valence-electron chi connectivity index (χ4n) is 3.85. The molecule has 8 nitrogen and oxygen atoms in total. The lowest BCUT2D eigenvalue weighted by atomic mass is 10.1. The molecule has 0 saturated carbocycles. The van der Waals surface area contributed by atoms with Gasteiger partial charge in [-0.3, -0.25) is 9.59 Å². The number of nitrogens with two attached hydrogens (primary N) is 1. The number of carbonyl (C=O) groups excluding carboxylic acids is 2. The van der Waals surface area contributed by atoms with Crippen LogP contribution in [0, 0.1) is 6.92 Å². The maximum atomic E-state index is 12.8. The highest BCUT2D eigenvalue weighted by atomic mass is 16.5. The highest BCUT2D eigenvalue weighted by molar-refractivity contribution is 5.93. The van der Waals surface area contributed by atoms with Gasteiger partial charge >= 0.3 is 0 Å². The van der Waals surface area contributed by atoms with Crippen LogP contribution in [0.3, 0.4) is 0 Å². The second-order valence-corrected chi connectivity index (χ2v) is 7.86. The van der Waals surface area contributed by atoms with Crippen LogP contribution in [0.15, 0.2) is 54.9 Å². The van der Waals surface area contributed by atoms with Crippen LogP contribution < -0.4 is 5.73 Å². The maximum absolute atomic E-state index is 12.8. The van der Waals surface area contributed by atoms with E-state index in [-0.39, 0.29) is 12.0 Å². The number of pyridine rings is 1. The Kier molecular flexibility index (Phi) is 6.61. The van der Waals surface area contributed by atoms with Crippen molar-refractivity contribution in [1.82, 2.24) is 19.4 Å². The third-order valence-corrected chi connectivity index (χ3v) is 5.70. The summed E-state index contributed by atoms with van der Waals surface area (Å²) >= 11 is 0. The molecule has 1 fully saturated rings. The average Bonchev–Trinajstić information content (AvgIpc) is 3.24. The molecule has 1 aromatic carbocycles. The predicted molar refractivity (Wildman–Crippen MR) is 120 cm³/mol. The van der Waals surface area contributed by atoms with E-state index in [1.807, 2.05) is 48.4 Å². The summed E-state index contributed by atoms with van der Waals surface area (Å²) in [6.07, 6.45) is 4.70. The fraction of sp³-hybridized carbons (Fsp3) is 0.333. The summed E-state index contributed by atoms with van der Waals surface area (Å²) < 4.78 is 7.99. The molecule has 1 atom stereocenters. The highest BCUT2D eigenvalue weighted by Crippen LogP contribution is 2.25. The van der Waals surface area contributed by atoms with Crippen LogP contribution in [0.4, 0.5) is 0 Å². The normalized spacial score (nSPS) is 16.2. The standard InChI is InChI=1S/C24H27N5O3/c1-17-26-11-13-28(17)12-3-6-23(30)29-14-15-32-22(16-29)21-5-2-4-20(27-21)18-7-9-19(10-8-18)24(25)31/h2,4-5,7-11,13,22H,3,6,12,14-16H2,1H3,(H2,25,31)/t22-/m0/s1. The van der Waals surface area contributed by atoms with E-state index in [0.29, 0.717) is 31.7 Å². The Morgan fingerprint density at radius 3 is 2.72 bits per heavy atom. The van der Waals surface area contributed by atoms with Crippen molar-refractivity contribution in [2.45, 2.75) is 32.4 Å². The summed E-state index contributed by atoms with van der Waals surface area (Å²) in [7, 11) is 0. The van der Waals surface area contributed by atoms with Gasteiger partial charge in [0.1, 0.15) is 11.9 Å². The van der Waals surface area contributed by atoms with Crippen LogP contribution in [-0.4, -0.2) is 50.9 Å². The lowest BCUT2D eigenvalue weighted by molar-refractivity contribution is -0.139. The molecule has 0 spiro atoms. The largest absolute Gasteiger partial charge is 0.368 e. The topological polar surface area (TPSA) is 103 Å². The number of primary amides is 1. The molecule has 0 radical (unpaired) electrons. The van der Waals surface area contributed by atoms with E-state index in [2.05, 4.69) is 9.55 Å². The van der Waals surface area contributed by atoms with Gasteiger partial charge in [0.15, 0.2) is 0 Å². The van der Waals surface area contributed by atoms with E-state index < -0.39 is 5.91 Å². The van der Waals surface area contributed by atoms with Crippen molar-refractivity contribution < 1.29 is 14.3 Å². The number of carbonyl (C=O) groups is 2. The quantitative estimate of drug-likeness (QED) is 0.617. The second kappa shape index (κ2) is 9.74. The first-order valence-corrected chi connectivity index (χ1v) is 10.8. The lowest BCUT2D eigenvalue weighted by Gasteiger charge is -2.33. The Bertz CT molecular complexity index is 1090. The molecular formula is C24H27N5O3. The molecule has 3 aromatic rings. The molecule has 1 aliphatic rings. The zero-order valence-electron chi connectivity index (χ0n) is 18.1. The van der Waals surface area contributed by atoms with Crippen LogP contribution in [0.25, 0.3) is 11.3 Å². The molecule has 2 aromatic heterocycles. The van der Waals surface area contributed by atoms with Crippen LogP contribution in [0.5, 0.6) is 0 Å². The van der Waals surface area contributed by atoms with Crippen molar-refractivity contribution in [2.75, 3.05) is 19.7 Å². The minimum absolute atomic E-state index is 0.134. The third kappa shape index (κ3) is 5.03. The van der Waals surface area contributed by atoms with Gasteiger partial charge in [-0.2, -0.15) is 0 Å². The van der Waals surface area contributed by atoms with Gasteiger partial charge in [0.25, 0.3) is 0 Å². The zero-order valence-corrected chi connectivity index (χ0v) is 18.1. The number of hydrogen-bond donors (Lipinski definition) is 1. The van der Waals surface area contributed by atoms with Crippen LogP contribution in [-0.2, 0) is 16.1 Å². The van der Waals surface area contributed by atoms with E-state index in [4.69, 9.17) is 15.5 Å². The van der Waals surface area contributed by atoms with Crippen molar-refractivity contribution in [2.24, 2.45) is 5.73 Å². The summed E-state index contributed by atoms with van der Waals surface area (Å²) in [6, 6.07) is 12.8. The number of rotatable bonds is 7. The van der Waals surface area contributed by atoms with E-state index in [1.165, 1.54) is 0 Å². The van der Waals surface area contributed by atoms with Gasteiger partial charge in [0.2, 0.25) is 11.8 Å². The second-order valence-electron chi connectivity index (χ2n) is 7.86. The Labute approximate surface area is 187 Å². The van der Waals surface area contributed by atoms with Gasteiger partial charge in [-0.25, -0.2) is 9.97 Å². The Hall–Kier alpha value is -3.52.